The number of hydrogen-bond donors (Lipinski definition) is 0. The number of ether oxygens (including phenoxy) is 1. The topological polar surface area (TPSA) is 49.4 Å². The maximum absolute atomic E-state index is 10.3. The standard InChI is InChI=1S/C17H24O3/c1-2-3-4-5-6-7-14-20-16-11-8-15(9-12-16)10-13-17(18)19/h8-13H,2-7,14H2,1H3,(H,18,19)/p-1/b13-10+. The Morgan fingerprint density at radius 1 is 1.10 bits per heavy atom. The minimum atomic E-state index is -1.19. The highest BCUT2D eigenvalue weighted by molar-refractivity contribution is 5.83. The molecule has 0 aliphatic rings. The van der Waals surface area contributed by atoms with Crippen LogP contribution >= 0.6 is 0 Å². The second-order valence-electron chi connectivity index (χ2n) is 4.84. The summed E-state index contributed by atoms with van der Waals surface area (Å²) in [5.41, 5.74) is 0.820. The molecule has 0 spiro atoms. The lowest BCUT2D eigenvalue weighted by Crippen LogP contribution is -2.18. The molecule has 0 saturated heterocycles. The summed E-state index contributed by atoms with van der Waals surface area (Å²) in [6, 6.07) is 7.37. The summed E-state index contributed by atoms with van der Waals surface area (Å²) in [7, 11) is 0. The van der Waals surface area contributed by atoms with Gasteiger partial charge in [-0.2, -0.15) is 0 Å². The van der Waals surface area contributed by atoms with E-state index in [-0.39, 0.29) is 0 Å². The molecule has 0 N–H and O–H groups in total. The largest absolute Gasteiger partial charge is 0.545 e. The lowest BCUT2D eigenvalue weighted by Gasteiger charge is -2.06. The fourth-order valence-electron chi connectivity index (χ4n) is 1.91. The SMILES string of the molecule is CCCCCCCCOc1ccc(/C=C/C(=O)[O-])cc1. The van der Waals surface area contributed by atoms with Gasteiger partial charge < -0.3 is 14.6 Å². The van der Waals surface area contributed by atoms with Crippen molar-refractivity contribution >= 4 is 12.0 Å². The normalized spacial score (nSPS) is 10.8. The quantitative estimate of drug-likeness (QED) is 0.486. The van der Waals surface area contributed by atoms with Gasteiger partial charge in [-0.05, 0) is 30.2 Å². The Balaban J connectivity index is 2.20. The Kier molecular flexibility index (Phi) is 8.20. The first-order valence-corrected chi connectivity index (χ1v) is 7.34. The van der Waals surface area contributed by atoms with E-state index in [4.69, 9.17) is 4.74 Å². The molecule has 3 nitrogen and oxygen atoms in total. The van der Waals surface area contributed by atoms with Gasteiger partial charge in [-0.1, -0.05) is 57.2 Å². The van der Waals surface area contributed by atoms with Crippen LogP contribution in [-0.2, 0) is 4.79 Å². The third-order valence-corrected chi connectivity index (χ3v) is 3.06. The molecule has 0 saturated carbocycles. The summed E-state index contributed by atoms with van der Waals surface area (Å²) >= 11 is 0. The number of rotatable bonds is 10. The molecule has 0 bridgehead atoms. The maximum atomic E-state index is 10.3. The van der Waals surface area contributed by atoms with Gasteiger partial charge in [0, 0.05) is 0 Å². The number of carboxylic acids is 1. The molecule has 1 aromatic rings. The minimum Gasteiger partial charge on any atom is -0.545 e. The fraction of sp³-hybridized carbons (Fsp3) is 0.471. The van der Waals surface area contributed by atoms with Crippen molar-refractivity contribution in [1.29, 1.82) is 0 Å². The molecule has 1 aromatic carbocycles. The van der Waals surface area contributed by atoms with Crippen LogP contribution < -0.4 is 9.84 Å². The third kappa shape index (κ3) is 7.62. The molecule has 0 aromatic heterocycles. The molecule has 0 radical (unpaired) electrons. The Morgan fingerprint density at radius 3 is 2.40 bits per heavy atom. The number of aliphatic carboxylic acids is 1. The third-order valence-electron chi connectivity index (χ3n) is 3.06. The number of carboxylic acid groups (broad SMARTS) is 1. The number of carbonyl (C=O) groups is 1. The fourth-order valence-corrected chi connectivity index (χ4v) is 1.91. The Hall–Kier alpha value is -1.77. The highest BCUT2D eigenvalue weighted by Gasteiger charge is 1.94. The van der Waals surface area contributed by atoms with Crippen molar-refractivity contribution in [1.82, 2.24) is 0 Å². The van der Waals surface area contributed by atoms with Crippen molar-refractivity contribution in [3.63, 3.8) is 0 Å². The van der Waals surface area contributed by atoms with Crippen molar-refractivity contribution in [2.75, 3.05) is 6.61 Å². The molecule has 0 fully saturated rings. The maximum Gasteiger partial charge on any atom is 0.119 e. The zero-order chi connectivity index (χ0) is 14.6. The van der Waals surface area contributed by atoms with Gasteiger partial charge in [0.2, 0.25) is 0 Å². The van der Waals surface area contributed by atoms with Crippen LogP contribution in [0.15, 0.2) is 30.3 Å². The first-order valence-electron chi connectivity index (χ1n) is 7.34. The molecule has 1 rings (SSSR count). The summed E-state index contributed by atoms with van der Waals surface area (Å²) in [5.74, 6) is -0.363. The molecule has 110 valence electrons. The molecule has 0 aliphatic heterocycles. The van der Waals surface area contributed by atoms with E-state index >= 15 is 0 Å². The average molecular weight is 275 g/mol. The van der Waals surface area contributed by atoms with E-state index in [0.717, 1.165) is 30.4 Å². The first kappa shape index (κ1) is 16.3. The van der Waals surface area contributed by atoms with Crippen LogP contribution in [0.4, 0.5) is 0 Å². The summed E-state index contributed by atoms with van der Waals surface area (Å²) < 4.78 is 5.64. The average Bonchev–Trinajstić information content (AvgIpc) is 2.45. The zero-order valence-corrected chi connectivity index (χ0v) is 12.1. The van der Waals surface area contributed by atoms with Crippen LogP contribution in [0.1, 0.15) is 51.0 Å². The zero-order valence-electron chi connectivity index (χ0n) is 12.1. The second kappa shape index (κ2) is 10.1. The summed E-state index contributed by atoms with van der Waals surface area (Å²) in [5, 5.41) is 10.3. The van der Waals surface area contributed by atoms with Gasteiger partial charge in [0.25, 0.3) is 0 Å². The lowest BCUT2D eigenvalue weighted by atomic mass is 10.1. The highest BCUT2D eigenvalue weighted by atomic mass is 16.5. The van der Waals surface area contributed by atoms with Gasteiger partial charge in [-0.15, -0.1) is 0 Å². The summed E-state index contributed by atoms with van der Waals surface area (Å²) in [6.45, 7) is 2.95. The van der Waals surface area contributed by atoms with Crippen LogP contribution in [0.2, 0.25) is 0 Å². The van der Waals surface area contributed by atoms with E-state index in [1.807, 2.05) is 24.3 Å². The Morgan fingerprint density at radius 2 is 1.75 bits per heavy atom. The van der Waals surface area contributed by atoms with E-state index in [1.54, 1.807) is 0 Å². The van der Waals surface area contributed by atoms with Gasteiger partial charge in [-0.25, -0.2) is 0 Å². The van der Waals surface area contributed by atoms with Crippen molar-refractivity contribution in [3.8, 4) is 5.75 Å². The van der Waals surface area contributed by atoms with E-state index < -0.39 is 5.97 Å². The van der Waals surface area contributed by atoms with Gasteiger partial charge in [0.15, 0.2) is 0 Å². The van der Waals surface area contributed by atoms with Gasteiger partial charge >= 0.3 is 0 Å². The first-order chi connectivity index (χ1) is 9.72. The number of benzene rings is 1. The molecule has 0 unspecified atom stereocenters. The molecule has 0 heterocycles. The number of hydrogen-bond acceptors (Lipinski definition) is 3. The van der Waals surface area contributed by atoms with Crippen LogP contribution in [0.5, 0.6) is 5.75 Å². The Labute approximate surface area is 121 Å². The van der Waals surface area contributed by atoms with Gasteiger partial charge in [0.05, 0.1) is 12.6 Å². The van der Waals surface area contributed by atoms with Crippen LogP contribution in [0.25, 0.3) is 6.08 Å². The van der Waals surface area contributed by atoms with Crippen molar-refractivity contribution in [3.05, 3.63) is 35.9 Å². The van der Waals surface area contributed by atoms with Crippen molar-refractivity contribution in [2.24, 2.45) is 0 Å². The smallest absolute Gasteiger partial charge is 0.119 e. The lowest BCUT2D eigenvalue weighted by molar-refractivity contribution is -0.297. The molecular weight excluding hydrogens is 252 g/mol. The minimum absolute atomic E-state index is 0.736. The Bertz CT molecular complexity index is 407. The molecular formula is C17H23O3-. The van der Waals surface area contributed by atoms with Gasteiger partial charge in [0.1, 0.15) is 5.75 Å². The van der Waals surface area contributed by atoms with Crippen molar-refractivity contribution in [2.45, 2.75) is 45.4 Å². The van der Waals surface area contributed by atoms with E-state index in [0.29, 0.717) is 0 Å². The van der Waals surface area contributed by atoms with Crippen molar-refractivity contribution < 1.29 is 14.6 Å². The molecule has 0 aliphatic carbocycles. The molecule has 3 heteroatoms. The number of unbranched alkanes of at least 4 members (excludes halogenated alkanes) is 5. The predicted octanol–water partition coefficient (Wildman–Crippen LogP) is 3.19. The summed E-state index contributed by atoms with van der Waals surface area (Å²) in [6.07, 6.45) is 10.0. The molecule has 0 atom stereocenters. The van der Waals surface area contributed by atoms with Crippen LogP contribution in [0, 0.1) is 0 Å². The summed E-state index contributed by atoms with van der Waals surface area (Å²) in [4.78, 5) is 10.3. The monoisotopic (exact) mass is 275 g/mol. The van der Waals surface area contributed by atoms with Crippen LogP contribution in [-0.4, -0.2) is 12.6 Å². The number of carbonyl (C=O) groups excluding carboxylic acids is 1. The molecule has 0 amide bonds. The van der Waals surface area contributed by atoms with E-state index in [1.165, 1.54) is 38.2 Å². The van der Waals surface area contributed by atoms with Crippen LogP contribution in [0.3, 0.4) is 0 Å². The van der Waals surface area contributed by atoms with Gasteiger partial charge in [-0.3, -0.25) is 0 Å². The molecule has 20 heavy (non-hydrogen) atoms. The van der Waals surface area contributed by atoms with E-state index in [9.17, 15) is 9.90 Å². The second-order valence-corrected chi connectivity index (χ2v) is 4.84. The highest BCUT2D eigenvalue weighted by Crippen LogP contribution is 2.14. The predicted molar refractivity (Wildman–Crippen MR) is 79.4 cm³/mol. The van der Waals surface area contributed by atoms with E-state index in [2.05, 4.69) is 6.92 Å².